The van der Waals surface area contributed by atoms with Gasteiger partial charge in [-0.1, -0.05) is 30.3 Å². The topological polar surface area (TPSA) is 202 Å². The Morgan fingerprint density at radius 1 is 1.10 bits per heavy atom. The molecule has 0 aliphatic carbocycles. The molecule has 0 saturated carbocycles. The highest BCUT2D eigenvalue weighted by Gasteiger charge is 2.73. The number of nitrogens with one attached hydrogen (secondary N) is 2. The van der Waals surface area contributed by atoms with Crippen LogP contribution in [0.2, 0.25) is 0 Å². The summed E-state index contributed by atoms with van der Waals surface area (Å²) in [7, 11) is 0. The van der Waals surface area contributed by atoms with Crippen LogP contribution in [0.4, 0.5) is 10.5 Å². The average molecular weight is 562 g/mol. The fourth-order valence-corrected chi connectivity index (χ4v) is 6.19. The minimum absolute atomic E-state index is 0.0846. The molecular formula is C27H31N9O5. The third-order valence-corrected chi connectivity index (χ3v) is 8.45. The smallest absolute Gasteiger partial charge is 0.331 e. The van der Waals surface area contributed by atoms with Gasteiger partial charge in [-0.2, -0.15) is 0 Å². The Morgan fingerprint density at radius 3 is 2.56 bits per heavy atom. The molecule has 2 aromatic carbocycles. The maximum Gasteiger partial charge on any atom is 0.331 e. The Hall–Kier alpha value is -4.69. The molecule has 0 aromatic heterocycles. The molecule has 4 heterocycles. The summed E-state index contributed by atoms with van der Waals surface area (Å²) in [4.78, 5) is 52.2. The molecule has 14 heteroatoms. The molecule has 41 heavy (non-hydrogen) atoms. The summed E-state index contributed by atoms with van der Waals surface area (Å²) in [5.41, 5.74) is 13.2. The van der Waals surface area contributed by atoms with Crippen molar-refractivity contribution >= 4 is 35.5 Å². The lowest BCUT2D eigenvalue weighted by molar-refractivity contribution is -0.230. The van der Waals surface area contributed by atoms with Crippen LogP contribution in [-0.4, -0.2) is 99.0 Å². The lowest BCUT2D eigenvalue weighted by atomic mass is 9.84. The van der Waals surface area contributed by atoms with Crippen molar-refractivity contribution in [2.75, 3.05) is 24.5 Å². The first-order valence-electron chi connectivity index (χ1n) is 13.2. The van der Waals surface area contributed by atoms with Gasteiger partial charge in [-0.3, -0.25) is 19.4 Å². The van der Waals surface area contributed by atoms with Crippen molar-refractivity contribution in [2.24, 2.45) is 21.5 Å². The molecule has 2 saturated heterocycles. The molecule has 214 valence electrons. The number of para-hydroxylation sites is 1. The highest BCUT2D eigenvalue weighted by atomic mass is 16.5. The van der Waals surface area contributed by atoms with Gasteiger partial charge in [0.1, 0.15) is 18.6 Å². The number of aryl methyl sites for hydroxylation is 1. The molecule has 4 atom stereocenters. The van der Waals surface area contributed by atoms with Crippen LogP contribution in [0.15, 0.2) is 58.5 Å². The van der Waals surface area contributed by atoms with Crippen LogP contribution in [0, 0.1) is 13.8 Å². The molecule has 6 rings (SSSR count). The number of nitrogens with two attached hydrogens (primary N) is 2. The number of guanidine groups is 2. The summed E-state index contributed by atoms with van der Waals surface area (Å²) in [5, 5.41) is 29.0. The Morgan fingerprint density at radius 2 is 1.83 bits per heavy atom. The molecule has 0 radical (unpaired) electrons. The van der Waals surface area contributed by atoms with Crippen molar-refractivity contribution in [1.29, 1.82) is 0 Å². The van der Waals surface area contributed by atoms with E-state index in [1.807, 2.05) is 19.9 Å². The molecule has 14 nitrogen and oxygen atoms in total. The maximum atomic E-state index is 13.3. The molecule has 4 aliphatic heterocycles. The number of imide groups is 1. The van der Waals surface area contributed by atoms with E-state index in [0.29, 0.717) is 11.3 Å². The number of aliphatic hydroxyl groups is 2. The SMILES string of the molecule is Cc1cccc(C(=O)NC2CN3C(N)=NC(CN4C(=O)CN(c5ccccc5)C4=O)[C@@H]4N=C(N)N[C@@]43C2(O)O)c1C. The average Bonchev–Trinajstić information content (AvgIpc) is 3.51. The summed E-state index contributed by atoms with van der Waals surface area (Å²) >= 11 is 0. The predicted octanol–water partition coefficient (Wildman–Crippen LogP) is -1.45. The molecule has 8 N–H and O–H groups in total. The van der Waals surface area contributed by atoms with Crippen molar-refractivity contribution in [3.8, 4) is 0 Å². The first-order valence-corrected chi connectivity index (χ1v) is 13.2. The predicted molar refractivity (Wildman–Crippen MR) is 149 cm³/mol. The Labute approximate surface area is 235 Å². The summed E-state index contributed by atoms with van der Waals surface area (Å²) in [6.07, 6.45) is 0. The molecule has 2 aromatic rings. The molecule has 4 aliphatic rings. The number of carbonyl (C=O) groups is 3. The van der Waals surface area contributed by atoms with Crippen LogP contribution in [0.5, 0.6) is 0 Å². The Balaban J connectivity index is 1.29. The third kappa shape index (κ3) is 3.82. The van der Waals surface area contributed by atoms with Crippen LogP contribution in [0.1, 0.15) is 21.5 Å². The van der Waals surface area contributed by atoms with Crippen LogP contribution >= 0.6 is 0 Å². The van der Waals surface area contributed by atoms with E-state index < -0.39 is 47.4 Å². The van der Waals surface area contributed by atoms with Gasteiger partial charge in [0.25, 0.3) is 11.8 Å². The van der Waals surface area contributed by atoms with Gasteiger partial charge in [-0.05, 0) is 43.2 Å². The van der Waals surface area contributed by atoms with Gasteiger partial charge < -0.3 is 37.2 Å². The zero-order valence-corrected chi connectivity index (χ0v) is 22.5. The van der Waals surface area contributed by atoms with E-state index in [0.717, 1.165) is 16.0 Å². The Bertz CT molecular complexity index is 1510. The monoisotopic (exact) mass is 561 g/mol. The number of nitrogens with zero attached hydrogens (tertiary/aromatic N) is 5. The van der Waals surface area contributed by atoms with Crippen LogP contribution in [0.25, 0.3) is 0 Å². The molecule has 2 unspecified atom stereocenters. The standard InChI is InChI=1S/C27H31N9O5/c1-14-7-6-10-17(15(14)2)22(38)31-19-12-36-24(29)30-18(21-26(36,27(19,40)41)33-23(28)32-21)11-35-20(37)13-34(25(35)39)16-8-4-3-5-9-16/h3-10,18-19,21,40-41H,11-13H2,1-2H3,(H2,29,30)(H,31,38)(H3,28,32,33)/t18?,19?,21-,26-/m0/s1. The van der Waals surface area contributed by atoms with Crippen molar-refractivity contribution in [1.82, 2.24) is 20.4 Å². The van der Waals surface area contributed by atoms with Gasteiger partial charge in [0.15, 0.2) is 17.6 Å². The molecular weight excluding hydrogens is 530 g/mol. The van der Waals surface area contributed by atoms with Gasteiger partial charge in [0.05, 0.1) is 12.6 Å². The number of hydrogen-bond donors (Lipinski definition) is 6. The van der Waals surface area contributed by atoms with Crippen molar-refractivity contribution < 1.29 is 24.6 Å². The maximum absolute atomic E-state index is 13.3. The lowest BCUT2D eigenvalue weighted by Crippen LogP contribution is -2.78. The quantitative estimate of drug-likeness (QED) is 0.186. The molecule has 4 amide bonds. The van der Waals surface area contributed by atoms with E-state index in [1.54, 1.807) is 42.5 Å². The van der Waals surface area contributed by atoms with Gasteiger partial charge >= 0.3 is 6.03 Å². The fourth-order valence-electron chi connectivity index (χ4n) is 6.19. The fraction of sp³-hybridized carbons (Fsp3) is 0.370. The largest absolute Gasteiger partial charge is 0.370 e. The zero-order valence-electron chi connectivity index (χ0n) is 22.5. The van der Waals surface area contributed by atoms with E-state index in [-0.39, 0.29) is 31.6 Å². The van der Waals surface area contributed by atoms with E-state index in [9.17, 15) is 24.6 Å². The van der Waals surface area contributed by atoms with Crippen molar-refractivity contribution in [2.45, 2.75) is 43.4 Å². The number of amides is 4. The van der Waals surface area contributed by atoms with E-state index >= 15 is 0 Å². The normalized spacial score (nSPS) is 28.2. The lowest BCUT2D eigenvalue weighted by Gasteiger charge is -2.49. The van der Waals surface area contributed by atoms with Gasteiger partial charge in [0, 0.05) is 17.8 Å². The first-order chi connectivity index (χ1) is 19.5. The number of anilines is 1. The number of aliphatic imine (C=N–C) groups is 2. The van der Waals surface area contributed by atoms with Crippen LogP contribution in [-0.2, 0) is 4.79 Å². The van der Waals surface area contributed by atoms with Crippen molar-refractivity contribution in [3.05, 3.63) is 65.2 Å². The minimum Gasteiger partial charge on any atom is -0.370 e. The number of carbonyl (C=O) groups excluding carboxylic acids is 3. The van der Waals surface area contributed by atoms with E-state index in [4.69, 9.17) is 11.5 Å². The summed E-state index contributed by atoms with van der Waals surface area (Å²) in [5.74, 6) is -3.78. The second kappa shape index (κ2) is 9.17. The molecule has 0 bridgehead atoms. The summed E-state index contributed by atoms with van der Waals surface area (Å²) in [6, 6.07) is 10.2. The number of urea groups is 1. The van der Waals surface area contributed by atoms with E-state index in [2.05, 4.69) is 20.6 Å². The number of benzene rings is 2. The van der Waals surface area contributed by atoms with Crippen LogP contribution in [0.3, 0.4) is 0 Å². The highest BCUT2D eigenvalue weighted by Crippen LogP contribution is 2.45. The first kappa shape index (κ1) is 26.5. The number of rotatable bonds is 5. The Kier molecular flexibility index (Phi) is 5.94. The molecule has 1 spiro atoms. The van der Waals surface area contributed by atoms with Crippen LogP contribution < -0.4 is 27.0 Å². The van der Waals surface area contributed by atoms with Gasteiger partial charge in [-0.25, -0.2) is 14.8 Å². The number of hydrogen-bond acceptors (Lipinski definition) is 11. The third-order valence-electron chi connectivity index (χ3n) is 8.45. The van der Waals surface area contributed by atoms with E-state index in [1.165, 1.54) is 9.80 Å². The molecule has 2 fully saturated rings. The second-order valence-corrected chi connectivity index (χ2v) is 10.7. The van der Waals surface area contributed by atoms with Gasteiger partial charge in [-0.15, -0.1) is 0 Å². The van der Waals surface area contributed by atoms with Crippen molar-refractivity contribution in [3.63, 3.8) is 0 Å². The summed E-state index contributed by atoms with van der Waals surface area (Å²) < 4.78 is 0. The highest BCUT2D eigenvalue weighted by molar-refractivity contribution is 6.12. The second-order valence-electron chi connectivity index (χ2n) is 10.7. The minimum atomic E-state index is -2.65. The zero-order chi connectivity index (χ0) is 29.3. The summed E-state index contributed by atoms with van der Waals surface area (Å²) in [6.45, 7) is 3.18. The van der Waals surface area contributed by atoms with Gasteiger partial charge in [0.2, 0.25) is 5.79 Å².